The van der Waals surface area contributed by atoms with Crippen molar-refractivity contribution in [3.8, 4) is 0 Å². The van der Waals surface area contributed by atoms with Gasteiger partial charge in [0.2, 0.25) is 5.89 Å². The summed E-state index contributed by atoms with van der Waals surface area (Å²) in [6, 6.07) is 6.59. The van der Waals surface area contributed by atoms with Gasteiger partial charge in [0.25, 0.3) is 5.82 Å². The summed E-state index contributed by atoms with van der Waals surface area (Å²) in [4.78, 5) is 15.1. The molecule has 7 nitrogen and oxygen atoms in total. The lowest BCUT2D eigenvalue weighted by molar-refractivity contribution is -0.146. The summed E-state index contributed by atoms with van der Waals surface area (Å²) in [6.07, 6.45) is -4.69. The number of carbonyl (C=O) groups excluding carboxylic acids is 1. The van der Waals surface area contributed by atoms with Crippen LogP contribution in [-0.4, -0.2) is 22.8 Å². The lowest BCUT2D eigenvalue weighted by Gasteiger charge is -2.26. The predicted molar refractivity (Wildman–Crippen MR) is 73.5 cm³/mol. The Morgan fingerprint density at radius 1 is 1.33 bits per heavy atom. The molecule has 0 saturated carbocycles. The van der Waals surface area contributed by atoms with Crippen molar-refractivity contribution >= 4 is 6.03 Å². The summed E-state index contributed by atoms with van der Waals surface area (Å²) >= 11 is 0. The lowest BCUT2D eigenvalue weighted by atomic mass is 9.99. The number of urea groups is 1. The lowest BCUT2D eigenvalue weighted by Crippen LogP contribution is -2.40. The fourth-order valence-corrected chi connectivity index (χ4v) is 2.31. The van der Waals surface area contributed by atoms with Crippen molar-refractivity contribution in [1.82, 2.24) is 20.8 Å². The van der Waals surface area contributed by atoms with Crippen LogP contribution < -0.4 is 10.6 Å². The molecule has 1 aliphatic heterocycles. The zero-order valence-corrected chi connectivity index (χ0v) is 12.3. The van der Waals surface area contributed by atoms with Crippen LogP contribution in [0, 0.1) is 0 Å². The second-order valence-electron chi connectivity index (χ2n) is 5.10. The number of fused-ring (bicyclic) bond motifs is 1. The van der Waals surface area contributed by atoms with Gasteiger partial charge in [-0.3, -0.25) is 0 Å². The SMILES string of the molecule is O=C(NCc1nc(C(F)(F)F)no1)NC1COCc2ccccc21. The fraction of sp³-hybridized carbons (Fsp3) is 0.357. The summed E-state index contributed by atoms with van der Waals surface area (Å²) in [5.41, 5.74) is 1.91. The zero-order chi connectivity index (χ0) is 17.2. The van der Waals surface area contributed by atoms with E-state index in [1.165, 1.54) is 0 Å². The molecule has 24 heavy (non-hydrogen) atoms. The fourth-order valence-electron chi connectivity index (χ4n) is 2.31. The molecule has 0 fully saturated rings. The normalized spacial score (nSPS) is 17.2. The van der Waals surface area contributed by atoms with E-state index < -0.39 is 18.0 Å². The number of rotatable bonds is 3. The largest absolute Gasteiger partial charge is 0.455 e. The maximum Gasteiger partial charge on any atom is 0.455 e. The average Bonchev–Trinajstić information content (AvgIpc) is 3.03. The monoisotopic (exact) mass is 342 g/mol. The Balaban J connectivity index is 1.56. The van der Waals surface area contributed by atoms with Gasteiger partial charge in [-0.05, 0) is 11.1 Å². The van der Waals surface area contributed by atoms with Gasteiger partial charge >= 0.3 is 12.2 Å². The van der Waals surface area contributed by atoms with Crippen molar-refractivity contribution in [2.75, 3.05) is 6.61 Å². The van der Waals surface area contributed by atoms with Gasteiger partial charge in [0.05, 0.1) is 25.8 Å². The van der Waals surface area contributed by atoms with Crippen molar-refractivity contribution in [3.05, 3.63) is 47.1 Å². The number of ether oxygens (including phenoxy) is 1. The first-order valence-corrected chi connectivity index (χ1v) is 7.03. The van der Waals surface area contributed by atoms with Gasteiger partial charge < -0.3 is 19.9 Å². The summed E-state index contributed by atoms with van der Waals surface area (Å²) in [7, 11) is 0. The highest BCUT2D eigenvalue weighted by molar-refractivity contribution is 5.74. The molecular formula is C14H13F3N4O3. The molecule has 1 unspecified atom stereocenters. The van der Waals surface area contributed by atoms with E-state index in [1.807, 2.05) is 24.3 Å². The van der Waals surface area contributed by atoms with E-state index in [0.29, 0.717) is 13.2 Å². The molecule has 2 heterocycles. The number of aromatic nitrogens is 2. The Kier molecular flexibility index (Phi) is 4.38. The van der Waals surface area contributed by atoms with Crippen LogP contribution in [0.3, 0.4) is 0 Å². The van der Waals surface area contributed by atoms with Crippen LogP contribution in [0.15, 0.2) is 28.8 Å². The highest BCUT2D eigenvalue weighted by atomic mass is 19.4. The van der Waals surface area contributed by atoms with Gasteiger partial charge in [-0.15, -0.1) is 0 Å². The minimum Gasteiger partial charge on any atom is -0.374 e. The molecule has 2 N–H and O–H groups in total. The summed E-state index contributed by atoms with van der Waals surface area (Å²) in [5.74, 6) is -1.72. The first-order chi connectivity index (χ1) is 11.4. The Morgan fingerprint density at radius 2 is 2.12 bits per heavy atom. The topological polar surface area (TPSA) is 89.3 Å². The van der Waals surface area contributed by atoms with Crippen molar-refractivity contribution in [1.29, 1.82) is 0 Å². The number of nitrogens with one attached hydrogen (secondary N) is 2. The van der Waals surface area contributed by atoms with Crippen molar-refractivity contribution in [2.45, 2.75) is 25.4 Å². The Labute approximate surface area is 134 Å². The van der Waals surface area contributed by atoms with Gasteiger partial charge in [-0.25, -0.2) is 4.79 Å². The van der Waals surface area contributed by atoms with Crippen LogP contribution in [0.2, 0.25) is 0 Å². The molecule has 2 aromatic rings. The Bertz CT molecular complexity index is 732. The van der Waals surface area contributed by atoms with Crippen molar-refractivity contribution in [3.63, 3.8) is 0 Å². The number of amides is 2. The quantitative estimate of drug-likeness (QED) is 0.892. The number of benzene rings is 1. The van der Waals surface area contributed by atoms with Gasteiger partial charge in [0.15, 0.2) is 0 Å². The first kappa shape index (κ1) is 16.2. The molecule has 0 aliphatic carbocycles. The maximum absolute atomic E-state index is 12.4. The number of alkyl halides is 3. The van der Waals surface area contributed by atoms with Crippen LogP contribution in [-0.2, 0) is 24.1 Å². The molecule has 128 valence electrons. The molecule has 1 aliphatic rings. The highest BCUT2D eigenvalue weighted by Gasteiger charge is 2.37. The summed E-state index contributed by atoms with van der Waals surface area (Å²) in [5, 5.41) is 7.88. The van der Waals surface area contributed by atoms with Gasteiger partial charge in [0, 0.05) is 0 Å². The van der Waals surface area contributed by atoms with Crippen LogP contribution in [0.4, 0.5) is 18.0 Å². The molecule has 1 aromatic carbocycles. The van der Waals surface area contributed by atoms with Crippen molar-refractivity contribution < 1.29 is 27.2 Å². The molecular weight excluding hydrogens is 329 g/mol. The molecule has 0 bridgehead atoms. The van der Waals surface area contributed by atoms with Crippen molar-refractivity contribution in [2.24, 2.45) is 0 Å². The van der Waals surface area contributed by atoms with E-state index in [1.54, 1.807) is 0 Å². The number of halogens is 3. The third kappa shape index (κ3) is 3.65. The molecule has 1 aromatic heterocycles. The number of hydrogen-bond acceptors (Lipinski definition) is 5. The Morgan fingerprint density at radius 3 is 2.88 bits per heavy atom. The van der Waals surface area contributed by atoms with Gasteiger partial charge in [-0.1, -0.05) is 29.4 Å². The van der Waals surface area contributed by atoms with Crippen LogP contribution in [0.5, 0.6) is 0 Å². The van der Waals surface area contributed by atoms with E-state index in [0.717, 1.165) is 11.1 Å². The summed E-state index contributed by atoms with van der Waals surface area (Å²) < 4.78 is 46.9. The Hall–Kier alpha value is -2.62. The minimum absolute atomic E-state index is 0.309. The molecule has 1 atom stereocenters. The van der Waals surface area contributed by atoms with Crippen LogP contribution in [0.1, 0.15) is 28.9 Å². The molecule has 0 saturated heterocycles. The third-order valence-corrected chi connectivity index (χ3v) is 3.40. The maximum atomic E-state index is 12.4. The molecule has 2 amide bonds. The smallest absolute Gasteiger partial charge is 0.374 e. The molecule has 3 rings (SSSR count). The van der Waals surface area contributed by atoms with E-state index in [2.05, 4.69) is 25.3 Å². The van der Waals surface area contributed by atoms with E-state index in [9.17, 15) is 18.0 Å². The van der Waals surface area contributed by atoms with E-state index in [4.69, 9.17) is 4.74 Å². The second-order valence-corrected chi connectivity index (χ2v) is 5.10. The van der Waals surface area contributed by atoms with Crippen LogP contribution >= 0.6 is 0 Å². The number of nitrogens with zero attached hydrogens (tertiary/aromatic N) is 2. The third-order valence-electron chi connectivity index (χ3n) is 3.40. The predicted octanol–water partition coefficient (Wildman–Crippen LogP) is 2.16. The minimum atomic E-state index is -4.69. The first-order valence-electron chi connectivity index (χ1n) is 7.03. The summed E-state index contributed by atoms with van der Waals surface area (Å²) in [6.45, 7) is 0.464. The average molecular weight is 342 g/mol. The number of carbonyl (C=O) groups is 1. The van der Waals surface area contributed by atoms with Crippen LogP contribution in [0.25, 0.3) is 0 Å². The zero-order valence-electron chi connectivity index (χ0n) is 12.3. The molecule has 0 spiro atoms. The molecule has 10 heteroatoms. The van der Waals surface area contributed by atoms with E-state index >= 15 is 0 Å². The van der Waals surface area contributed by atoms with Gasteiger partial charge in [0.1, 0.15) is 0 Å². The second kappa shape index (κ2) is 6.48. The highest BCUT2D eigenvalue weighted by Crippen LogP contribution is 2.26. The van der Waals surface area contributed by atoms with Gasteiger partial charge in [-0.2, -0.15) is 18.2 Å². The van der Waals surface area contributed by atoms with E-state index in [-0.39, 0.29) is 18.5 Å². The molecule has 0 radical (unpaired) electrons. The number of hydrogen-bond donors (Lipinski definition) is 2. The standard InChI is InChI=1S/C14H13F3N4O3/c15-14(16,17)12-20-11(24-21-12)5-18-13(22)19-10-7-23-6-8-3-1-2-4-9(8)10/h1-4,10H,5-7H2,(H2,18,19,22).